The summed E-state index contributed by atoms with van der Waals surface area (Å²) in [5.74, 6) is 0.120. The maximum atomic E-state index is 12.7. The smallest absolute Gasteiger partial charge is 0.396 e. The van der Waals surface area contributed by atoms with Crippen LogP contribution < -0.4 is 10.2 Å². The molecule has 0 amide bonds. The first-order valence-electron chi connectivity index (χ1n) is 5.92. The van der Waals surface area contributed by atoms with E-state index < -0.39 is 11.9 Å². The topological polar surface area (TPSA) is 61.3 Å². The fourth-order valence-electron chi connectivity index (χ4n) is 1.55. The second-order valence-corrected chi connectivity index (χ2v) is 3.84. The lowest BCUT2D eigenvalue weighted by molar-refractivity contribution is -0.141. The van der Waals surface area contributed by atoms with Gasteiger partial charge in [-0.15, -0.1) is 0 Å². The number of anilines is 2. The van der Waals surface area contributed by atoms with Gasteiger partial charge in [0.05, 0.1) is 0 Å². The van der Waals surface area contributed by atoms with Gasteiger partial charge in [0, 0.05) is 32.8 Å². The molecule has 0 atom stereocenters. The summed E-state index contributed by atoms with van der Waals surface area (Å²) in [5.41, 5.74) is -0.982. The lowest BCUT2D eigenvalue weighted by Gasteiger charge is -2.22. The van der Waals surface area contributed by atoms with Crippen molar-refractivity contribution in [1.82, 2.24) is 9.97 Å². The van der Waals surface area contributed by atoms with E-state index in [-0.39, 0.29) is 18.4 Å². The average Bonchev–Trinajstić information content (AvgIpc) is 2.38. The van der Waals surface area contributed by atoms with Crippen LogP contribution in [-0.2, 0) is 6.18 Å². The van der Waals surface area contributed by atoms with Crippen molar-refractivity contribution in [1.29, 1.82) is 0 Å². The van der Waals surface area contributed by atoms with Crippen molar-refractivity contribution in [3.8, 4) is 0 Å². The van der Waals surface area contributed by atoms with E-state index in [0.29, 0.717) is 19.5 Å². The summed E-state index contributed by atoms with van der Waals surface area (Å²) in [7, 11) is 1.46. The minimum Gasteiger partial charge on any atom is -0.396 e. The minimum atomic E-state index is -4.51. The molecule has 8 heteroatoms. The number of nitrogens with one attached hydrogen (secondary N) is 1. The number of aliphatic hydroxyl groups excluding tert-OH is 1. The van der Waals surface area contributed by atoms with Crippen molar-refractivity contribution >= 4 is 11.8 Å². The van der Waals surface area contributed by atoms with Gasteiger partial charge in [-0.1, -0.05) is 0 Å². The van der Waals surface area contributed by atoms with Gasteiger partial charge in [-0.05, 0) is 13.3 Å². The van der Waals surface area contributed by atoms with Crippen LogP contribution >= 0.6 is 0 Å². The Hall–Kier alpha value is -1.57. The first kappa shape index (κ1) is 15.5. The summed E-state index contributed by atoms with van der Waals surface area (Å²) in [6, 6.07) is 0.918. The maximum absolute atomic E-state index is 12.7. The van der Waals surface area contributed by atoms with E-state index in [2.05, 4.69) is 15.3 Å². The van der Waals surface area contributed by atoms with Crippen LogP contribution in [-0.4, -0.2) is 41.8 Å². The molecule has 0 saturated heterocycles. The number of halogens is 3. The summed E-state index contributed by atoms with van der Waals surface area (Å²) in [5, 5.41) is 11.3. The molecule has 108 valence electrons. The molecule has 1 aromatic rings. The Balaban J connectivity index is 3.11. The molecule has 0 aliphatic carbocycles. The van der Waals surface area contributed by atoms with Crippen molar-refractivity contribution in [3.05, 3.63) is 11.8 Å². The van der Waals surface area contributed by atoms with Crippen LogP contribution in [0.1, 0.15) is 19.0 Å². The van der Waals surface area contributed by atoms with Crippen molar-refractivity contribution < 1.29 is 18.3 Å². The first-order valence-corrected chi connectivity index (χ1v) is 5.92. The van der Waals surface area contributed by atoms with E-state index in [1.165, 1.54) is 7.05 Å². The fraction of sp³-hybridized carbons (Fsp3) is 0.636. The van der Waals surface area contributed by atoms with Crippen molar-refractivity contribution in [3.63, 3.8) is 0 Å². The van der Waals surface area contributed by atoms with Gasteiger partial charge in [0.1, 0.15) is 5.82 Å². The third kappa shape index (κ3) is 4.23. The van der Waals surface area contributed by atoms with Gasteiger partial charge < -0.3 is 15.3 Å². The van der Waals surface area contributed by atoms with Crippen LogP contribution in [0.4, 0.5) is 24.9 Å². The molecule has 0 aliphatic rings. The summed E-state index contributed by atoms with van der Waals surface area (Å²) in [4.78, 5) is 9.07. The second kappa shape index (κ2) is 6.55. The van der Waals surface area contributed by atoms with Crippen molar-refractivity contribution in [2.24, 2.45) is 0 Å². The summed E-state index contributed by atoms with van der Waals surface area (Å²) >= 11 is 0. The Morgan fingerprint density at radius 2 is 2.05 bits per heavy atom. The average molecular weight is 278 g/mol. The molecule has 0 aromatic carbocycles. The van der Waals surface area contributed by atoms with Crippen LogP contribution in [0.5, 0.6) is 0 Å². The molecule has 2 N–H and O–H groups in total. The number of rotatable bonds is 6. The summed E-state index contributed by atoms with van der Waals surface area (Å²) < 4.78 is 38.2. The summed E-state index contributed by atoms with van der Waals surface area (Å²) in [6.45, 7) is 2.72. The number of aliphatic hydroxyl groups is 1. The second-order valence-electron chi connectivity index (χ2n) is 3.84. The predicted molar refractivity (Wildman–Crippen MR) is 66.2 cm³/mol. The van der Waals surface area contributed by atoms with Gasteiger partial charge in [0.25, 0.3) is 0 Å². The van der Waals surface area contributed by atoms with Gasteiger partial charge in [-0.3, -0.25) is 0 Å². The molecule has 0 fully saturated rings. The monoisotopic (exact) mass is 278 g/mol. The van der Waals surface area contributed by atoms with Gasteiger partial charge in [-0.25, -0.2) is 4.98 Å². The molecule has 0 bridgehead atoms. The highest BCUT2D eigenvalue weighted by molar-refractivity contribution is 5.45. The molecular formula is C11H17F3N4O. The first-order chi connectivity index (χ1) is 8.92. The minimum absolute atomic E-state index is 0.0212. The van der Waals surface area contributed by atoms with Gasteiger partial charge in [0.15, 0.2) is 5.69 Å². The Morgan fingerprint density at radius 1 is 1.37 bits per heavy atom. The lowest BCUT2D eigenvalue weighted by atomic mass is 10.3. The lowest BCUT2D eigenvalue weighted by Crippen LogP contribution is -2.27. The number of hydrogen-bond donors (Lipinski definition) is 2. The van der Waals surface area contributed by atoms with Crippen LogP contribution in [0.15, 0.2) is 6.07 Å². The normalized spacial score (nSPS) is 11.5. The number of aromatic nitrogens is 2. The molecule has 0 saturated carbocycles. The zero-order valence-corrected chi connectivity index (χ0v) is 10.8. The molecular weight excluding hydrogens is 261 g/mol. The zero-order chi connectivity index (χ0) is 14.5. The van der Waals surface area contributed by atoms with E-state index >= 15 is 0 Å². The highest BCUT2D eigenvalue weighted by Gasteiger charge is 2.34. The van der Waals surface area contributed by atoms with E-state index in [1.807, 2.05) is 6.92 Å². The molecule has 0 radical (unpaired) electrons. The third-order valence-corrected chi connectivity index (χ3v) is 2.52. The molecule has 1 heterocycles. The van der Waals surface area contributed by atoms with Crippen LogP contribution in [0, 0.1) is 0 Å². The number of alkyl halides is 3. The molecule has 5 nitrogen and oxygen atoms in total. The highest BCUT2D eigenvalue weighted by Crippen LogP contribution is 2.30. The van der Waals surface area contributed by atoms with Crippen LogP contribution in [0.2, 0.25) is 0 Å². The maximum Gasteiger partial charge on any atom is 0.433 e. The molecule has 19 heavy (non-hydrogen) atoms. The Kier molecular flexibility index (Phi) is 5.34. The quantitative estimate of drug-likeness (QED) is 0.830. The van der Waals surface area contributed by atoms with Crippen molar-refractivity contribution in [2.45, 2.75) is 19.5 Å². The molecule has 0 unspecified atom stereocenters. The summed E-state index contributed by atoms with van der Waals surface area (Å²) in [6.07, 6.45) is -4.05. The van der Waals surface area contributed by atoms with Crippen LogP contribution in [0.3, 0.4) is 0 Å². The van der Waals surface area contributed by atoms with Gasteiger partial charge in [0.2, 0.25) is 5.95 Å². The Labute approximate surface area is 109 Å². The Morgan fingerprint density at radius 3 is 2.53 bits per heavy atom. The molecule has 0 spiro atoms. The van der Waals surface area contributed by atoms with E-state index in [1.54, 1.807) is 4.90 Å². The zero-order valence-electron chi connectivity index (χ0n) is 10.8. The standard InChI is InChI=1S/C11H17F3N4O/c1-3-18(5-4-6-19)9-7-8(11(12,13)14)16-10(15-2)17-9/h7,19H,3-6H2,1-2H3,(H,15,16,17). The van der Waals surface area contributed by atoms with E-state index in [9.17, 15) is 13.2 Å². The number of hydrogen-bond acceptors (Lipinski definition) is 5. The predicted octanol–water partition coefficient (Wildman–Crippen LogP) is 1.75. The van der Waals surface area contributed by atoms with Crippen molar-refractivity contribution in [2.75, 3.05) is 37.0 Å². The fourth-order valence-corrected chi connectivity index (χ4v) is 1.55. The van der Waals surface area contributed by atoms with E-state index in [0.717, 1.165) is 6.07 Å². The van der Waals surface area contributed by atoms with E-state index in [4.69, 9.17) is 5.11 Å². The van der Waals surface area contributed by atoms with Gasteiger partial charge in [-0.2, -0.15) is 18.2 Å². The highest BCUT2D eigenvalue weighted by atomic mass is 19.4. The molecule has 1 rings (SSSR count). The van der Waals surface area contributed by atoms with Gasteiger partial charge >= 0.3 is 6.18 Å². The SMILES string of the molecule is CCN(CCCO)c1cc(C(F)(F)F)nc(NC)n1. The molecule has 0 aliphatic heterocycles. The number of nitrogens with zero attached hydrogens (tertiary/aromatic N) is 3. The van der Waals surface area contributed by atoms with Crippen LogP contribution in [0.25, 0.3) is 0 Å². The molecule has 1 aromatic heterocycles. The third-order valence-electron chi connectivity index (χ3n) is 2.52. The Bertz CT molecular complexity index is 411. The largest absolute Gasteiger partial charge is 0.433 e.